The Kier molecular flexibility index (Phi) is 8.63. The maximum atomic E-state index is 14.0. The highest BCUT2D eigenvalue weighted by atomic mass is 16.5. The van der Waals surface area contributed by atoms with E-state index in [1.807, 2.05) is 26.8 Å². The number of aryl methyl sites for hydroxylation is 1. The van der Waals surface area contributed by atoms with E-state index in [-0.39, 0.29) is 42.2 Å². The average Bonchev–Trinajstić information content (AvgIpc) is 3.14. The van der Waals surface area contributed by atoms with Crippen LogP contribution in [0.5, 0.6) is 0 Å². The van der Waals surface area contributed by atoms with Gasteiger partial charge in [-0.1, -0.05) is 27.2 Å². The molecule has 2 fully saturated rings. The third-order valence-corrected chi connectivity index (χ3v) is 8.68. The number of hydrogen-bond donors (Lipinski definition) is 2. The second-order valence-electron chi connectivity index (χ2n) is 12.3. The number of piperazine rings is 1. The third kappa shape index (κ3) is 5.81. The van der Waals surface area contributed by atoms with E-state index in [1.165, 1.54) is 9.58 Å². The van der Waals surface area contributed by atoms with Crippen LogP contribution in [0.1, 0.15) is 65.6 Å². The van der Waals surface area contributed by atoms with Crippen molar-refractivity contribution in [3.8, 4) is 0 Å². The van der Waals surface area contributed by atoms with Crippen LogP contribution in [-0.2, 0) is 21.4 Å². The van der Waals surface area contributed by atoms with Crippen LogP contribution in [0.15, 0.2) is 10.9 Å². The number of morpholine rings is 1. The van der Waals surface area contributed by atoms with E-state index in [0.717, 1.165) is 12.8 Å². The van der Waals surface area contributed by atoms with E-state index in [0.29, 0.717) is 62.8 Å². The summed E-state index contributed by atoms with van der Waals surface area (Å²) in [7, 11) is 0. The van der Waals surface area contributed by atoms with E-state index >= 15 is 0 Å². The van der Waals surface area contributed by atoms with Gasteiger partial charge in [-0.25, -0.2) is 9.47 Å². The van der Waals surface area contributed by atoms with Gasteiger partial charge in [-0.15, -0.1) is 0 Å². The molecule has 3 N–H and O–H groups in total. The predicted molar refractivity (Wildman–Crippen MR) is 151 cm³/mol. The van der Waals surface area contributed by atoms with Crippen LogP contribution in [0.25, 0.3) is 0 Å². The Morgan fingerprint density at radius 1 is 1.13 bits per heavy atom. The molecule has 0 aliphatic carbocycles. The molecule has 0 bridgehead atoms. The maximum Gasteiger partial charge on any atom is 0.407 e. The number of nitrogen functional groups attached to an aromatic ring is 1. The molecule has 4 atom stereocenters. The Morgan fingerprint density at radius 2 is 1.79 bits per heavy atom. The van der Waals surface area contributed by atoms with Crippen LogP contribution < -0.4 is 16.3 Å². The van der Waals surface area contributed by atoms with Crippen LogP contribution in [0.2, 0.25) is 0 Å². The summed E-state index contributed by atoms with van der Waals surface area (Å²) in [5.74, 6) is 6.26. The number of ether oxygens (including phenoxy) is 1. The molecule has 2 amide bonds. The zero-order valence-electron chi connectivity index (χ0n) is 24.4. The number of carbonyl (C=O) groups excluding carboxylic acids is 1. The molecule has 1 aromatic rings. The van der Waals surface area contributed by atoms with Gasteiger partial charge >= 0.3 is 6.09 Å². The van der Waals surface area contributed by atoms with E-state index in [2.05, 4.69) is 30.6 Å². The first-order chi connectivity index (χ1) is 18.4. The van der Waals surface area contributed by atoms with Crippen molar-refractivity contribution in [1.29, 1.82) is 0 Å². The molecule has 2 saturated heterocycles. The summed E-state index contributed by atoms with van der Waals surface area (Å²) in [5.41, 5.74) is 1.35. The first kappa shape index (κ1) is 29.4. The van der Waals surface area contributed by atoms with Crippen LogP contribution >= 0.6 is 0 Å². The van der Waals surface area contributed by atoms with E-state index in [1.54, 1.807) is 4.90 Å². The lowest BCUT2D eigenvalue weighted by atomic mass is 9.90. The monoisotopic (exact) mass is 546 g/mol. The lowest BCUT2D eigenvalue weighted by Gasteiger charge is -2.48. The fourth-order valence-corrected chi connectivity index (χ4v) is 6.52. The zero-order chi connectivity index (χ0) is 28.6. The Labute approximate surface area is 231 Å². The number of anilines is 1. The van der Waals surface area contributed by atoms with Crippen molar-refractivity contribution in [3.63, 3.8) is 0 Å². The molecule has 0 unspecified atom stereocenters. The molecule has 3 aliphatic heterocycles. The molecule has 0 spiro atoms. The lowest BCUT2D eigenvalue weighted by molar-refractivity contribution is -0.122. The van der Waals surface area contributed by atoms with Gasteiger partial charge in [-0.3, -0.25) is 19.4 Å². The second kappa shape index (κ2) is 11.5. The Balaban J connectivity index is 1.61. The van der Waals surface area contributed by atoms with Crippen molar-refractivity contribution in [1.82, 2.24) is 19.4 Å². The minimum Gasteiger partial charge on any atom is -0.465 e. The average molecular weight is 547 g/mol. The minimum atomic E-state index is -0.933. The molecule has 11 nitrogen and oxygen atoms in total. The molecular formula is C28H46N6O5. The van der Waals surface area contributed by atoms with Crippen molar-refractivity contribution >= 4 is 17.7 Å². The topological polar surface area (TPSA) is 125 Å². The molecule has 0 aromatic carbocycles. The molecule has 0 saturated carbocycles. The number of aromatic nitrogens is 1. The smallest absolute Gasteiger partial charge is 0.407 e. The standard InChI is InChI=1S/C28H46N6O5/c1-7-8-9-21-10-23-25(34(29)26(21)36)28(5,6)17-33(23)24(35)14-30-11-18(2)32(27(37)38)13-22(30)12-31-19(3)15-39-16-20(31)4/h10,18-20,22H,7-9,11-17,29H2,1-6H3,(H,37,38)/t18-,19-,20-,22+/m1/s1. The van der Waals surface area contributed by atoms with Crippen LogP contribution in [-0.4, -0.2) is 107 Å². The summed E-state index contributed by atoms with van der Waals surface area (Å²) in [5, 5.41) is 9.84. The van der Waals surface area contributed by atoms with Gasteiger partial charge < -0.3 is 25.5 Å². The lowest BCUT2D eigenvalue weighted by Crippen LogP contribution is -2.64. The third-order valence-electron chi connectivity index (χ3n) is 8.68. The molecular weight excluding hydrogens is 500 g/mol. The summed E-state index contributed by atoms with van der Waals surface area (Å²) in [6.07, 6.45) is 1.51. The fourth-order valence-electron chi connectivity index (χ4n) is 6.52. The van der Waals surface area contributed by atoms with E-state index in [4.69, 9.17) is 10.6 Å². The molecule has 3 aliphatic rings. The number of amides is 2. The number of unbranched alkanes of at least 4 members (excludes halogenated alkanes) is 1. The summed E-state index contributed by atoms with van der Waals surface area (Å²) in [6, 6.07) is 1.91. The van der Waals surface area contributed by atoms with Crippen molar-refractivity contribution in [2.75, 3.05) is 56.7 Å². The molecule has 0 radical (unpaired) electrons. The highest BCUT2D eigenvalue weighted by Gasteiger charge is 2.43. The summed E-state index contributed by atoms with van der Waals surface area (Å²) >= 11 is 0. The quantitative estimate of drug-likeness (QED) is 0.495. The first-order valence-corrected chi connectivity index (χ1v) is 14.3. The number of rotatable bonds is 7. The van der Waals surface area contributed by atoms with Gasteiger partial charge in [0.15, 0.2) is 0 Å². The predicted octanol–water partition coefficient (Wildman–Crippen LogP) is 1.69. The molecule has 4 rings (SSSR count). The summed E-state index contributed by atoms with van der Waals surface area (Å²) in [4.78, 5) is 46.7. The molecule has 4 heterocycles. The Bertz CT molecular complexity index is 1130. The number of fused-ring (bicyclic) bond motifs is 1. The van der Waals surface area contributed by atoms with Crippen molar-refractivity contribution < 1.29 is 19.4 Å². The molecule has 39 heavy (non-hydrogen) atoms. The highest BCUT2D eigenvalue weighted by Crippen LogP contribution is 2.40. The number of pyridine rings is 1. The molecule has 1 aromatic heterocycles. The Hall–Kier alpha value is -2.63. The van der Waals surface area contributed by atoms with Gasteiger partial charge in [0, 0.05) is 61.3 Å². The van der Waals surface area contributed by atoms with Gasteiger partial charge in [0.1, 0.15) is 0 Å². The second-order valence-corrected chi connectivity index (χ2v) is 12.3. The van der Waals surface area contributed by atoms with Gasteiger partial charge in [-0.05, 0) is 39.7 Å². The molecule has 11 heteroatoms. The maximum absolute atomic E-state index is 14.0. The van der Waals surface area contributed by atoms with E-state index < -0.39 is 11.5 Å². The number of carboxylic acid groups (broad SMARTS) is 1. The number of carbonyl (C=O) groups is 2. The van der Waals surface area contributed by atoms with Crippen LogP contribution in [0, 0.1) is 0 Å². The van der Waals surface area contributed by atoms with Crippen LogP contribution in [0.3, 0.4) is 0 Å². The molecule has 218 valence electrons. The van der Waals surface area contributed by atoms with Crippen molar-refractivity contribution in [3.05, 3.63) is 27.7 Å². The summed E-state index contributed by atoms with van der Waals surface area (Å²) in [6.45, 7) is 15.6. The number of nitrogens with two attached hydrogens (primary N) is 1. The normalized spacial score (nSPS) is 27.5. The van der Waals surface area contributed by atoms with Gasteiger partial charge in [0.25, 0.3) is 5.56 Å². The fraction of sp³-hybridized carbons (Fsp3) is 0.750. The first-order valence-electron chi connectivity index (χ1n) is 14.3. The van der Waals surface area contributed by atoms with Gasteiger partial charge in [0.2, 0.25) is 5.91 Å². The number of nitrogens with zero attached hydrogens (tertiary/aromatic N) is 5. The largest absolute Gasteiger partial charge is 0.465 e. The Morgan fingerprint density at radius 3 is 2.41 bits per heavy atom. The minimum absolute atomic E-state index is 0.0639. The summed E-state index contributed by atoms with van der Waals surface area (Å²) < 4.78 is 6.94. The SMILES string of the molecule is CCCCc1cc2c(n(N)c1=O)C(C)(C)CN2C(=O)CN1C[C@@H](C)N(C(=O)O)C[C@@H]1CN1[C@H](C)COC[C@H]1C. The van der Waals surface area contributed by atoms with Crippen LogP contribution in [0.4, 0.5) is 10.5 Å². The van der Waals surface area contributed by atoms with Crippen molar-refractivity contribution in [2.24, 2.45) is 0 Å². The van der Waals surface area contributed by atoms with Gasteiger partial charge in [-0.2, -0.15) is 0 Å². The van der Waals surface area contributed by atoms with Crippen molar-refractivity contribution in [2.45, 2.75) is 90.4 Å². The zero-order valence-corrected chi connectivity index (χ0v) is 24.4. The number of hydrogen-bond acceptors (Lipinski definition) is 7. The highest BCUT2D eigenvalue weighted by molar-refractivity contribution is 5.97. The van der Waals surface area contributed by atoms with Gasteiger partial charge in [0.05, 0.1) is 31.1 Å². The van der Waals surface area contributed by atoms with E-state index in [9.17, 15) is 19.5 Å².